The fourth-order valence-corrected chi connectivity index (χ4v) is 2.54. The minimum Gasteiger partial charge on any atom is -0.465 e. The van der Waals surface area contributed by atoms with E-state index in [1.54, 1.807) is 11.0 Å². The van der Waals surface area contributed by atoms with Crippen LogP contribution in [-0.4, -0.2) is 38.7 Å². The molecule has 1 aliphatic heterocycles. The number of anilines is 1. The third-order valence-electron chi connectivity index (χ3n) is 3.74. The maximum absolute atomic E-state index is 12.0. The number of methoxy groups -OCH3 is 1. The summed E-state index contributed by atoms with van der Waals surface area (Å²) in [6.45, 7) is 1.24. The zero-order valence-corrected chi connectivity index (χ0v) is 11.4. The zero-order chi connectivity index (χ0) is 14.1. The van der Waals surface area contributed by atoms with Crippen molar-refractivity contribution in [1.82, 2.24) is 0 Å². The van der Waals surface area contributed by atoms with Crippen LogP contribution in [0.3, 0.4) is 0 Å². The van der Waals surface area contributed by atoms with Crippen LogP contribution in [0.5, 0.6) is 0 Å². The number of hydrogen-bond donors (Lipinski definition) is 0. The second kappa shape index (κ2) is 5.25. The molecule has 2 aliphatic rings. The summed E-state index contributed by atoms with van der Waals surface area (Å²) in [5.41, 5.74) is 2.52. The Labute approximate surface area is 117 Å². The predicted molar refractivity (Wildman–Crippen MR) is 72.9 cm³/mol. The first kappa shape index (κ1) is 13.1. The molecule has 0 unspecified atom stereocenters. The van der Waals surface area contributed by atoms with Crippen LogP contribution in [0, 0.1) is 0 Å². The summed E-state index contributed by atoms with van der Waals surface area (Å²) in [5.74, 6) is 0.0842. The molecular formula is C15H17NO4. The third-order valence-corrected chi connectivity index (χ3v) is 3.74. The molecule has 1 aromatic rings. The normalized spacial score (nSPS) is 19.1. The molecular weight excluding hydrogens is 258 g/mol. The Morgan fingerprint density at radius 3 is 2.85 bits per heavy atom. The SMILES string of the molecule is COC(=O)c1ccc(N2CCOCC2=O)c(C2CC2)c1. The molecule has 2 fully saturated rings. The number of esters is 1. The first-order valence-corrected chi connectivity index (χ1v) is 6.81. The topological polar surface area (TPSA) is 55.8 Å². The van der Waals surface area contributed by atoms with E-state index in [1.165, 1.54) is 7.11 Å². The van der Waals surface area contributed by atoms with E-state index in [9.17, 15) is 9.59 Å². The molecule has 0 atom stereocenters. The highest BCUT2D eigenvalue weighted by Gasteiger charge is 2.31. The number of benzene rings is 1. The van der Waals surface area contributed by atoms with E-state index >= 15 is 0 Å². The number of morpholine rings is 1. The number of ether oxygens (including phenoxy) is 2. The first-order chi connectivity index (χ1) is 9.70. The van der Waals surface area contributed by atoms with Crippen LogP contribution in [0.2, 0.25) is 0 Å². The van der Waals surface area contributed by atoms with E-state index < -0.39 is 0 Å². The number of rotatable bonds is 3. The van der Waals surface area contributed by atoms with Gasteiger partial charge in [-0.25, -0.2) is 4.79 Å². The lowest BCUT2D eigenvalue weighted by Crippen LogP contribution is -2.42. The van der Waals surface area contributed by atoms with E-state index in [2.05, 4.69) is 0 Å². The average Bonchev–Trinajstić information content (AvgIpc) is 3.31. The first-order valence-electron chi connectivity index (χ1n) is 6.81. The molecule has 0 radical (unpaired) electrons. The van der Waals surface area contributed by atoms with Crippen LogP contribution in [-0.2, 0) is 14.3 Å². The molecule has 1 aliphatic carbocycles. The van der Waals surface area contributed by atoms with Gasteiger partial charge in [-0.1, -0.05) is 0 Å². The molecule has 3 rings (SSSR count). The lowest BCUT2D eigenvalue weighted by atomic mass is 10.0. The molecule has 5 nitrogen and oxygen atoms in total. The van der Waals surface area contributed by atoms with Gasteiger partial charge in [0.05, 0.1) is 19.3 Å². The molecule has 0 aromatic heterocycles. The summed E-state index contributed by atoms with van der Waals surface area (Å²) >= 11 is 0. The van der Waals surface area contributed by atoms with Crippen molar-refractivity contribution in [1.29, 1.82) is 0 Å². The van der Waals surface area contributed by atoms with Gasteiger partial charge in [0.25, 0.3) is 5.91 Å². The average molecular weight is 275 g/mol. The zero-order valence-electron chi connectivity index (χ0n) is 11.4. The molecule has 5 heteroatoms. The molecule has 1 aromatic carbocycles. The summed E-state index contributed by atoms with van der Waals surface area (Å²) in [6.07, 6.45) is 2.21. The molecule has 106 valence electrons. The fourth-order valence-electron chi connectivity index (χ4n) is 2.54. The number of amides is 1. The largest absolute Gasteiger partial charge is 0.465 e. The van der Waals surface area contributed by atoms with Crippen molar-refractivity contribution in [2.24, 2.45) is 0 Å². The quantitative estimate of drug-likeness (QED) is 0.788. The number of hydrogen-bond acceptors (Lipinski definition) is 4. The standard InChI is InChI=1S/C15H17NO4/c1-19-15(18)11-4-5-13(12(8-11)10-2-3-10)16-6-7-20-9-14(16)17/h4-5,8,10H,2-3,6-7,9H2,1H3. The Balaban J connectivity index is 1.97. The van der Waals surface area contributed by atoms with Crippen LogP contribution in [0.15, 0.2) is 18.2 Å². The molecule has 0 N–H and O–H groups in total. The highest BCUT2D eigenvalue weighted by molar-refractivity contribution is 5.97. The maximum Gasteiger partial charge on any atom is 0.337 e. The van der Waals surface area contributed by atoms with Crippen molar-refractivity contribution in [3.05, 3.63) is 29.3 Å². The van der Waals surface area contributed by atoms with Crippen LogP contribution in [0.4, 0.5) is 5.69 Å². The Hall–Kier alpha value is -1.88. The van der Waals surface area contributed by atoms with Gasteiger partial charge in [-0.05, 0) is 42.5 Å². The van der Waals surface area contributed by atoms with Crippen LogP contribution in [0.1, 0.15) is 34.7 Å². The lowest BCUT2D eigenvalue weighted by molar-refractivity contribution is -0.125. The van der Waals surface area contributed by atoms with Crippen molar-refractivity contribution in [3.8, 4) is 0 Å². The Morgan fingerprint density at radius 2 is 2.20 bits per heavy atom. The van der Waals surface area contributed by atoms with Gasteiger partial charge in [0, 0.05) is 12.2 Å². The molecule has 0 bridgehead atoms. The fraction of sp³-hybridized carbons (Fsp3) is 0.467. The van der Waals surface area contributed by atoms with Gasteiger partial charge in [-0.2, -0.15) is 0 Å². The highest BCUT2D eigenvalue weighted by atomic mass is 16.5. The molecule has 1 saturated carbocycles. The molecule has 1 amide bonds. The number of nitrogens with zero attached hydrogens (tertiary/aromatic N) is 1. The van der Waals surface area contributed by atoms with Gasteiger partial charge in [0.15, 0.2) is 0 Å². The van der Waals surface area contributed by atoms with E-state index in [0.29, 0.717) is 24.6 Å². The van der Waals surface area contributed by atoms with E-state index in [4.69, 9.17) is 9.47 Å². The van der Waals surface area contributed by atoms with Crippen molar-refractivity contribution in [2.75, 3.05) is 31.8 Å². The van der Waals surface area contributed by atoms with Gasteiger partial charge >= 0.3 is 5.97 Å². The second-order valence-electron chi connectivity index (χ2n) is 5.14. The van der Waals surface area contributed by atoms with Crippen molar-refractivity contribution < 1.29 is 19.1 Å². The molecule has 1 saturated heterocycles. The predicted octanol–water partition coefficient (Wildman–Crippen LogP) is 1.71. The van der Waals surface area contributed by atoms with Crippen molar-refractivity contribution in [3.63, 3.8) is 0 Å². The molecule has 20 heavy (non-hydrogen) atoms. The summed E-state index contributed by atoms with van der Waals surface area (Å²) < 4.78 is 9.92. The minimum atomic E-state index is -0.341. The highest BCUT2D eigenvalue weighted by Crippen LogP contribution is 2.45. The minimum absolute atomic E-state index is 0.0241. The van der Waals surface area contributed by atoms with Crippen molar-refractivity contribution in [2.45, 2.75) is 18.8 Å². The summed E-state index contributed by atoms with van der Waals surface area (Å²) in [4.78, 5) is 25.4. The lowest BCUT2D eigenvalue weighted by Gasteiger charge is -2.29. The van der Waals surface area contributed by atoms with Gasteiger partial charge in [-0.3, -0.25) is 4.79 Å². The number of carbonyl (C=O) groups is 2. The van der Waals surface area contributed by atoms with E-state index in [1.807, 2.05) is 12.1 Å². The van der Waals surface area contributed by atoms with E-state index in [-0.39, 0.29) is 18.5 Å². The third kappa shape index (κ3) is 2.41. The Bertz CT molecular complexity index is 551. The number of carbonyl (C=O) groups excluding carboxylic acids is 2. The molecule has 1 heterocycles. The van der Waals surface area contributed by atoms with Gasteiger partial charge in [-0.15, -0.1) is 0 Å². The van der Waals surface area contributed by atoms with Crippen LogP contribution >= 0.6 is 0 Å². The summed E-state index contributed by atoms with van der Waals surface area (Å²) in [7, 11) is 1.37. The summed E-state index contributed by atoms with van der Waals surface area (Å²) in [5, 5.41) is 0. The van der Waals surface area contributed by atoms with Crippen LogP contribution in [0.25, 0.3) is 0 Å². The Kier molecular flexibility index (Phi) is 3.44. The molecule has 0 spiro atoms. The van der Waals surface area contributed by atoms with Crippen LogP contribution < -0.4 is 4.90 Å². The Morgan fingerprint density at radius 1 is 1.40 bits per heavy atom. The van der Waals surface area contributed by atoms with E-state index in [0.717, 1.165) is 24.1 Å². The van der Waals surface area contributed by atoms with Crippen molar-refractivity contribution >= 4 is 17.6 Å². The monoisotopic (exact) mass is 275 g/mol. The summed E-state index contributed by atoms with van der Waals surface area (Å²) in [6, 6.07) is 5.43. The van der Waals surface area contributed by atoms with Gasteiger partial charge in [0.1, 0.15) is 6.61 Å². The smallest absolute Gasteiger partial charge is 0.337 e. The second-order valence-corrected chi connectivity index (χ2v) is 5.14. The van der Waals surface area contributed by atoms with Gasteiger partial charge < -0.3 is 14.4 Å². The van der Waals surface area contributed by atoms with Gasteiger partial charge in [0.2, 0.25) is 0 Å². The maximum atomic E-state index is 12.0.